The molecule has 0 radical (unpaired) electrons. The van der Waals surface area contributed by atoms with Gasteiger partial charge in [0, 0.05) is 27.4 Å². The molecule has 4 rings (SSSR count). The largest absolute Gasteiger partial charge is 0.488 e. The van der Waals surface area contributed by atoms with Crippen molar-refractivity contribution in [3.8, 4) is 27.3 Å². The lowest BCUT2D eigenvalue weighted by molar-refractivity contribution is -0.136. The van der Waals surface area contributed by atoms with Crippen LogP contribution in [-0.4, -0.2) is 11.1 Å². The molecular weight excluding hydrogens is 428 g/mol. The van der Waals surface area contributed by atoms with Gasteiger partial charge < -0.3 is 9.84 Å². The maximum absolute atomic E-state index is 10.9. The number of carbonyl (C=O) groups is 1. The summed E-state index contributed by atoms with van der Waals surface area (Å²) in [6.07, 6.45) is 0.624. The summed E-state index contributed by atoms with van der Waals surface area (Å²) in [6, 6.07) is 25.9. The minimum Gasteiger partial charge on any atom is -0.488 e. The van der Waals surface area contributed by atoms with Gasteiger partial charge in [0.2, 0.25) is 0 Å². The molecule has 0 spiro atoms. The third-order valence-electron chi connectivity index (χ3n) is 4.95. The van der Waals surface area contributed by atoms with Crippen molar-refractivity contribution >= 4 is 28.9 Å². The van der Waals surface area contributed by atoms with Gasteiger partial charge in [-0.15, -0.1) is 11.3 Å². The number of halogens is 1. The molecule has 0 aliphatic heterocycles. The van der Waals surface area contributed by atoms with E-state index in [0.29, 0.717) is 18.1 Å². The lowest BCUT2D eigenvalue weighted by Crippen LogP contribution is -1.98. The average molecular weight is 449 g/mol. The average Bonchev–Trinajstić information content (AvgIpc) is 3.27. The zero-order valence-corrected chi connectivity index (χ0v) is 18.3. The first-order valence-corrected chi connectivity index (χ1v) is 11.2. The van der Waals surface area contributed by atoms with Crippen molar-refractivity contribution in [2.24, 2.45) is 0 Å². The van der Waals surface area contributed by atoms with E-state index in [1.807, 2.05) is 60.7 Å². The minimum atomic E-state index is -0.790. The molecule has 0 bridgehead atoms. The Morgan fingerprint density at radius 2 is 1.71 bits per heavy atom. The summed E-state index contributed by atoms with van der Waals surface area (Å²) in [6.45, 7) is 0.472. The quantitative estimate of drug-likeness (QED) is 0.307. The summed E-state index contributed by atoms with van der Waals surface area (Å²) < 4.78 is 6.16. The highest BCUT2D eigenvalue weighted by Gasteiger charge is 2.15. The van der Waals surface area contributed by atoms with Crippen LogP contribution in [0.25, 0.3) is 21.6 Å². The Kier molecular flexibility index (Phi) is 6.70. The standard InChI is InChI=1S/C26H21ClO3S/c27-21-10-11-24(30-17-19-5-2-1-3-6-19)23(16-21)22-13-14-31-26(22)20-8-4-7-18(15-20)9-12-25(28)29/h1-8,10-11,13-16H,9,12,17H2,(H,28,29). The minimum absolute atomic E-state index is 0.118. The zero-order chi connectivity index (χ0) is 21.6. The molecule has 3 aromatic carbocycles. The fourth-order valence-electron chi connectivity index (χ4n) is 3.44. The molecule has 1 aromatic heterocycles. The van der Waals surface area contributed by atoms with E-state index in [9.17, 15) is 4.79 Å². The van der Waals surface area contributed by atoms with E-state index < -0.39 is 5.97 Å². The molecule has 1 heterocycles. The Bertz CT molecular complexity index is 1180. The van der Waals surface area contributed by atoms with Gasteiger partial charge in [0.05, 0.1) is 0 Å². The molecule has 5 heteroatoms. The van der Waals surface area contributed by atoms with Crippen molar-refractivity contribution in [1.29, 1.82) is 0 Å². The second-order valence-electron chi connectivity index (χ2n) is 7.17. The fourth-order valence-corrected chi connectivity index (χ4v) is 4.52. The number of carboxylic acids is 1. The number of rotatable bonds is 8. The second-order valence-corrected chi connectivity index (χ2v) is 8.52. The number of aliphatic carboxylic acids is 1. The molecule has 1 N–H and O–H groups in total. The lowest BCUT2D eigenvalue weighted by atomic mass is 9.99. The Morgan fingerprint density at radius 3 is 2.52 bits per heavy atom. The summed E-state index contributed by atoms with van der Waals surface area (Å²) in [5.74, 6) is -0.0173. The molecule has 31 heavy (non-hydrogen) atoms. The summed E-state index contributed by atoms with van der Waals surface area (Å²) in [7, 11) is 0. The summed E-state index contributed by atoms with van der Waals surface area (Å²) in [5.41, 5.74) is 5.15. The molecule has 0 aliphatic carbocycles. The molecule has 0 saturated heterocycles. The van der Waals surface area contributed by atoms with Crippen LogP contribution in [0, 0.1) is 0 Å². The summed E-state index contributed by atoms with van der Waals surface area (Å²) in [4.78, 5) is 12.0. The first kappa shape index (κ1) is 21.2. The number of ether oxygens (including phenoxy) is 1. The number of hydrogen-bond donors (Lipinski definition) is 1. The van der Waals surface area contributed by atoms with Gasteiger partial charge in [0.25, 0.3) is 0 Å². The first-order valence-electron chi connectivity index (χ1n) is 9.95. The second kappa shape index (κ2) is 9.82. The Hall–Kier alpha value is -3.08. The smallest absolute Gasteiger partial charge is 0.303 e. The van der Waals surface area contributed by atoms with Gasteiger partial charge in [0.15, 0.2) is 0 Å². The van der Waals surface area contributed by atoms with Crippen LogP contribution in [0.2, 0.25) is 5.02 Å². The molecule has 0 saturated carbocycles. The van der Waals surface area contributed by atoms with Gasteiger partial charge in [-0.1, -0.05) is 66.2 Å². The zero-order valence-electron chi connectivity index (χ0n) is 16.8. The van der Waals surface area contributed by atoms with E-state index in [4.69, 9.17) is 21.4 Å². The maximum Gasteiger partial charge on any atom is 0.303 e. The highest BCUT2D eigenvalue weighted by molar-refractivity contribution is 7.14. The van der Waals surface area contributed by atoms with E-state index in [2.05, 4.69) is 23.6 Å². The Balaban J connectivity index is 1.66. The molecule has 0 atom stereocenters. The maximum atomic E-state index is 10.9. The fraction of sp³-hybridized carbons (Fsp3) is 0.115. The number of aryl methyl sites for hydroxylation is 1. The van der Waals surface area contributed by atoms with E-state index in [-0.39, 0.29) is 6.42 Å². The third kappa shape index (κ3) is 5.35. The van der Waals surface area contributed by atoms with E-state index >= 15 is 0 Å². The number of carboxylic acid groups (broad SMARTS) is 1. The van der Waals surface area contributed by atoms with E-state index in [0.717, 1.165) is 38.4 Å². The monoisotopic (exact) mass is 448 g/mol. The molecule has 0 fully saturated rings. The molecule has 0 amide bonds. The molecule has 0 unspecified atom stereocenters. The predicted molar refractivity (Wildman–Crippen MR) is 127 cm³/mol. The Labute approximate surface area is 190 Å². The van der Waals surface area contributed by atoms with Crippen LogP contribution in [0.1, 0.15) is 17.5 Å². The van der Waals surface area contributed by atoms with Crippen molar-refractivity contribution in [3.05, 3.63) is 100 Å². The van der Waals surface area contributed by atoms with Crippen LogP contribution < -0.4 is 4.74 Å². The van der Waals surface area contributed by atoms with Crippen LogP contribution in [0.5, 0.6) is 5.75 Å². The van der Waals surface area contributed by atoms with Crippen LogP contribution in [-0.2, 0) is 17.8 Å². The van der Waals surface area contributed by atoms with Crippen molar-refractivity contribution in [3.63, 3.8) is 0 Å². The van der Waals surface area contributed by atoms with Crippen molar-refractivity contribution in [2.45, 2.75) is 19.4 Å². The summed E-state index contributed by atoms with van der Waals surface area (Å²) in [5, 5.41) is 11.7. The van der Waals surface area contributed by atoms with Crippen molar-refractivity contribution in [2.75, 3.05) is 0 Å². The van der Waals surface area contributed by atoms with Gasteiger partial charge in [-0.25, -0.2) is 0 Å². The van der Waals surface area contributed by atoms with E-state index in [1.165, 1.54) is 0 Å². The predicted octanol–water partition coefficient (Wildman–Crippen LogP) is 7.33. The molecular formula is C26H21ClO3S. The van der Waals surface area contributed by atoms with Gasteiger partial charge in [-0.3, -0.25) is 4.79 Å². The number of benzene rings is 3. The normalized spacial score (nSPS) is 10.7. The summed E-state index contributed by atoms with van der Waals surface area (Å²) >= 11 is 7.98. The molecule has 4 aromatic rings. The van der Waals surface area contributed by atoms with Crippen LogP contribution >= 0.6 is 22.9 Å². The molecule has 0 aliphatic rings. The van der Waals surface area contributed by atoms with Gasteiger partial charge in [-0.05, 0) is 52.8 Å². The SMILES string of the molecule is O=C(O)CCc1cccc(-c2sccc2-c2cc(Cl)ccc2OCc2ccccc2)c1. The van der Waals surface area contributed by atoms with Crippen LogP contribution in [0.3, 0.4) is 0 Å². The van der Waals surface area contributed by atoms with Gasteiger partial charge >= 0.3 is 5.97 Å². The lowest BCUT2D eigenvalue weighted by Gasteiger charge is -2.13. The molecule has 3 nitrogen and oxygen atoms in total. The van der Waals surface area contributed by atoms with Crippen LogP contribution in [0.15, 0.2) is 84.2 Å². The topological polar surface area (TPSA) is 46.5 Å². The van der Waals surface area contributed by atoms with Crippen molar-refractivity contribution < 1.29 is 14.6 Å². The number of thiophene rings is 1. The van der Waals surface area contributed by atoms with Crippen molar-refractivity contribution in [1.82, 2.24) is 0 Å². The first-order chi connectivity index (χ1) is 15.1. The van der Waals surface area contributed by atoms with Gasteiger partial charge in [-0.2, -0.15) is 0 Å². The Morgan fingerprint density at radius 1 is 0.903 bits per heavy atom. The van der Waals surface area contributed by atoms with Gasteiger partial charge in [0.1, 0.15) is 12.4 Å². The third-order valence-corrected chi connectivity index (χ3v) is 6.15. The molecule has 156 valence electrons. The highest BCUT2D eigenvalue weighted by Crippen LogP contribution is 2.42. The van der Waals surface area contributed by atoms with E-state index in [1.54, 1.807) is 11.3 Å². The van der Waals surface area contributed by atoms with Crippen LogP contribution in [0.4, 0.5) is 0 Å². The number of hydrogen-bond acceptors (Lipinski definition) is 3. The highest BCUT2D eigenvalue weighted by atomic mass is 35.5.